The number of ketones is 1. The van der Waals surface area contributed by atoms with Crippen LogP contribution < -0.4 is 11.5 Å². The third-order valence-corrected chi connectivity index (χ3v) is 2.87. The van der Waals surface area contributed by atoms with Crippen LogP contribution in [0.5, 0.6) is 0 Å². The van der Waals surface area contributed by atoms with E-state index in [0.717, 1.165) is 23.9 Å². The number of unbranched alkanes of at least 4 members (excludes halogenated alkanes) is 1. The fourth-order valence-electron chi connectivity index (χ4n) is 1.83. The molecule has 0 spiro atoms. The van der Waals surface area contributed by atoms with Crippen molar-refractivity contribution < 1.29 is 4.79 Å². The second-order valence-electron chi connectivity index (χ2n) is 4.28. The van der Waals surface area contributed by atoms with Gasteiger partial charge in [0.1, 0.15) is 0 Å². The van der Waals surface area contributed by atoms with Crippen molar-refractivity contribution in [2.45, 2.75) is 25.3 Å². The lowest BCUT2D eigenvalue weighted by Crippen LogP contribution is -2.31. The van der Waals surface area contributed by atoms with E-state index in [9.17, 15) is 4.79 Å². The summed E-state index contributed by atoms with van der Waals surface area (Å²) in [7, 11) is 0. The highest BCUT2D eigenvalue weighted by atomic mass is 16.1. The first-order valence-electron chi connectivity index (χ1n) is 6.08. The summed E-state index contributed by atoms with van der Waals surface area (Å²) in [4.78, 5) is 19.3. The molecule has 0 saturated heterocycles. The van der Waals surface area contributed by atoms with E-state index in [4.69, 9.17) is 11.5 Å². The number of hydrogen-bond donors (Lipinski definition) is 3. The Morgan fingerprint density at radius 2 is 2.33 bits per heavy atom. The highest BCUT2D eigenvalue weighted by Crippen LogP contribution is 2.12. The molecular weight excluding hydrogens is 228 g/mol. The largest absolute Gasteiger partial charge is 0.335 e. The second kappa shape index (κ2) is 5.75. The first-order valence-corrected chi connectivity index (χ1v) is 6.08. The molecule has 1 atom stereocenters. The molecule has 0 aliphatic rings. The summed E-state index contributed by atoms with van der Waals surface area (Å²) in [6, 6.07) is 7.75. The number of benzene rings is 1. The van der Waals surface area contributed by atoms with Crippen molar-refractivity contribution in [1.29, 1.82) is 0 Å². The number of aromatic nitrogens is 2. The van der Waals surface area contributed by atoms with Gasteiger partial charge in [-0.25, -0.2) is 4.98 Å². The van der Waals surface area contributed by atoms with Crippen molar-refractivity contribution in [3.05, 3.63) is 30.1 Å². The molecule has 1 heterocycles. The van der Waals surface area contributed by atoms with Crippen LogP contribution in [0, 0.1) is 6.07 Å². The zero-order chi connectivity index (χ0) is 13.0. The normalized spacial score (nSPS) is 12.8. The molecule has 1 radical (unpaired) electrons. The molecule has 0 aliphatic carbocycles. The standard InChI is InChI=1S/C13H17N4O/c14-8-4-3-5-9(15)12(18)13-16-10-6-1-2-7-11(10)17-13/h1,6-7,9H,3-5,8,14-15H2,(H,16,17)/t9-/m1/s1. The Bertz CT molecular complexity index is 502. The van der Waals surface area contributed by atoms with Gasteiger partial charge in [0.2, 0.25) is 5.78 Å². The summed E-state index contributed by atoms with van der Waals surface area (Å²) in [5.74, 6) is 0.174. The predicted molar refractivity (Wildman–Crippen MR) is 70.1 cm³/mol. The summed E-state index contributed by atoms with van der Waals surface area (Å²) >= 11 is 0. The van der Waals surface area contributed by atoms with Crippen molar-refractivity contribution in [1.82, 2.24) is 9.97 Å². The van der Waals surface area contributed by atoms with Gasteiger partial charge in [0.05, 0.1) is 17.1 Å². The smallest absolute Gasteiger partial charge is 0.214 e. The molecule has 5 N–H and O–H groups in total. The maximum atomic E-state index is 12.0. The van der Waals surface area contributed by atoms with Gasteiger partial charge in [0.15, 0.2) is 5.82 Å². The van der Waals surface area contributed by atoms with Crippen LogP contribution in [0.1, 0.15) is 29.9 Å². The van der Waals surface area contributed by atoms with E-state index >= 15 is 0 Å². The molecule has 0 bridgehead atoms. The topological polar surface area (TPSA) is 97.8 Å². The molecule has 18 heavy (non-hydrogen) atoms. The van der Waals surface area contributed by atoms with Crippen LogP contribution >= 0.6 is 0 Å². The number of nitrogens with two attached hydrogens (primary N) is 2. The van der Waals surface area contributed by atoms with Gasteiger partial charge in [0, 0.05) is 0 Å². The summed E-state index contributed by atoms with van der Waals surface area (Å²) in [5, 5.41) is 0. The number of rotatable bonds is 6. The van der Waals surface area contributed by atoms with Crippen molar-refractivity contribution in [3.8, 4) is 0 Å². The highest BCUT2D eigenvalue weighted by Gasteiger charge is 2.18. The maximum absolute atomic E-state index is 12.0. The zero-order valence-corrected chi connectivity index (χ0v) is 10.1. The lowest BCUT2D eigenvalue weighted by atomic mass is 10.1. The van der Waals surface area contributed by atoms with Gasteiger partial charge in [-0.2, -0.15) is 0 Å². The Kier molecular flexibility index (Phi) is 4.07. The number of nitrogens with one attached hydrogen (secondary N) is 1. The molecule has 2 rings (SSSR count). The summed E-state index contributed by atoms with van der Waals surface area (Å²) < 4.78 is 0. The first-order chi connectivity index (χ1) is 8.72. The fourth-order valence-corrected chi connectivity index (χ4v) is 1.83. The van der Waals surface area contributed by atoms with Gasteiger partial charge in [-0.05, 0) is 37.6 Å². The van der Waals surface area contributed by atoms with Gasteiger partial charge >= 0.3 is 0 Å². The van der Waals surface area contributed by atoms with E-state index in [2.05, 4.69) is 16.0 Å². The Hall–Kier alpha value is -1.72. The molecule has 0 saturated carbocycles. The van der Waals surface area contributed by atoms with E-state index < -0.39 is 6.04 Å². The van der Waals surface area contributed by atoms with Gasteiger partial charge in [0.25, 0.3) is 0 Å². The number of Topliss-reactive ketones (excluding diaryl/α,β-unsaturated/α-hetero) is 1. The number of imidazole rings is 1. The number of aromatic amines is 1. The Morgan fingerprint density at radius 1 is 1.50 bits per heavy atom. The van der Waals surface area contributed by atoms with E-state index in [0.29, 0.717) is 18.8 Å². The van der Waals surface area contributed by atoms with Crippen molar-refractivity contribution in [3.63, 3.8) is 0 Å². The number of carbonyl (C=O) groups is 1. The van der Waals surface area contributed by atoms with Crippen LogP contribution in [0.15, 0.2) is 18.2 Å². The molecular formula is C13H17N4O. The average molecular weight is 245 g/mol. The van der Waals surface area contributed by atoms with E-state index in [1.807, 2.05) is 6.07 Å². The second-order valence-corrected chi connectivity index (χ2v) is 4.28. The van der Waals surface area contributed by atoms with Gasteiger partial charge in [-0.1, -0.05) is 12.5 Å². The molecule has 0 unspecified atom stereocenters. The SMILES string of the molecule is NCCCC[C@@H](N)C(=O)c1nc2c[c]ccc2[nH]1. The van der Waals surface area contributed by atoms with Crippen LogP contribution in [0.25, 0.3) is 11.0 Å². The molecule has 95 valence electrons. The van der Waals surface area contributed by atoms with E-state index in [1.165, 1.54) is 0 Å². The molecule has 0 fully saturated rings. The van der Waals surface area contributed by atoms with E-state index in [1.54, 1.807) is 12.1 Å². The maximum Gasteiger partial charge on any atom is 0.214 e. The van der Waals surface area contributed by atoms with Crippen molar-refractivity contribution in [2.24, 2.45) is 11.5 Å². The zero-order valence-electron chi connectivity index (χ0n) is 10.1. The van der Waals surface area contributed by atoms with Gasteiger partial charge < -0.3 is 16.5 Å². The third kappa shape index (κ3) is 2.75. The highest BCUT2D eigenvalue weighted by molar-refractivity contribution is 5.99. The minimum absolute atomic E-state index is 0.150. The molecule has 5 nitrogen and oxygen atoms in total. The molecule has 1 aromatic heterocycles. The van der Waals surface area contributed by atoms with E-state index in [-0.39, 0.29) is 5.78 Å². The number of hydrogen-bond acceptors (Lipinski definition) is 4. The number of fused-ring (bicyclic) bond motifs is 1. The molecule has 0 aliphatic heterocycles. The Morgan fingerprint density at radius 3 is 3.06 bits per heavy atom. The predicted octanol–water partition coefficient (Wildman–Crippen LogP) is 1.00. The lowest BCUT2D eigenvalue weighted by Gasteiger charge is -2.07. The van der Waals surface area contributed by atoms with Crippen LogP contribution in [-0.2, 0) is 0 Å². The van der Waals surface area contributed by atoms with Gasteiger partial charge in [-0.3, -0.25) is 4.79 Å². The summed E-state index contributed by atoms with van der Waals surface area (Å²) in [6.45, 7) is 0.626. The molecule has 0 amide bonds. The average Bonchev–Trinajstić information content (AvgIpc) is 2.81. The van der Waals surface area contributed by atoms with Crippen molar-refractivity contribution in [2.75, 3.05) is 6.54 Å². The van der Waals surface area contributed by atoms with Gasteiger partial charge in [-0.15, -0.1) is 0 Å². The lowest BCUT2D eigenvalue weighted by molar-refractivity contribution is 0.0947. The first kappa shape index (κ1) is 12.7. The minimum atomic E-state index is -0.513. The number of H-pyrrole nitrogens is 1. The third-order valence-electron chi connectivity index (χ3n) is 2.87. The van der Waals surface area contributed by atoms with Crippen LogP contribution in [0.4, 0.5) is 0 Å². The van der Waals surface area contributed by atoms with Crippen LogP contribution in [0.3, 0.4) is 0 Å². The Labute approximate surface area is 106 Å². The summed E-state index contributed by atoms with van der Waals surface area (Å²) in [5.41, 5.74) is 12.8. The quantitative estimate of drug-likeness (QED) is 0.522. The molecule has 2 aromatic rings. The molecule has 1 aromatic carbocycles. The van der Waals surface area contributed by atoms with Crippen LogP contribution in [-0.4, -0.2) is 28.3 Å². The van der Waals surface area contributed by atoms with Crippen LogP contribution in [0.2, 0.25) is 0 Å². The number of nitrogens with zero attached hydrogens (tertiary/aromatic N) is 1. The van der Waals surface area contributed by atoms with Crippen molar-refractivity contribution >= 4 is 16.8 Å². The fraction of sp³-hybridized carbons (Fsp3) is 0.385. The summed E-state index contributed by atoms with van der Waals surface area (Å²) in [6.07, 6.45) is 2.38. The molecule has 5 heteroatoms. The number of carbonyl (C=O) groups excluding carboxylic acids is 1. The Balaban J connectivity index is 2.08. The minimum Gasteiger partial charge on any atom is -0.335 e. The monoisotopic (exact) mass is 245 g/mol.